The third-order valence-corrected chi connectivity index (χ3v) is 4.21. The first-order valence-corrected chi connectivity index (χ1v) is 6.76. The maximum atomic E-state index is 11.6. The molecule has 2 rings (SSSR count). The molecule has 0 spiro atoms. The zero-order chi connectivity index (χ0) is 14.2. The molecule has 1 aliphatic carbocycles. The van der Waals surface area contributed by atoms with E-state index in [-0.39, 0.29) is 5.56 Å². The second kappa shape index (κ2) is 4.83. The van der Waals surface area contributed by atoms with Crippen molar-refractivity contribution in [2.24, 2.45) is 5.41 Å². The summed E-state index contributed by atoms with van der Waals surface area (Å²) in [6, 6.07) is 1.75. The van der Waals surface area contributed by atoms with E-state index in [0.29, 0.717) is 11.5 Å². The van der Waals surface area contributed by atoms with Gasteiger partial charge in [0.2, 0.25) is 0 Å². The summed E-state index contributed by atoms with van der Waals surface area (Å²) in [6.07, 6.45) is 5.85. The van der Waals surface area contributed by atoms with Gasteiger partial charge in [-0.3, -0.25) is 4.79 Å². The van der Waals surface area contributed by atoms with Crippen molar-refractivity contribution < 1.29 is 9.90 Å². The lowest BCUT2D eigenvalue weighted by molar-refractivity contribution is 0.0693. The monoisotopic (exact) mass is 263 g/mol. The molecule has 1 fully saturated rings. The van der Waals surface area contributed by atoms with Gasteiger partial charge in [0.25, 0.3) is 0 Å². The quantitative estimate of drug-likeness (QED) is 0.892. The molecule has 0 radical (unpaired) electrons. The highest BCUT2D eigenvalue weighted by Gasteiger charge is 2.28. The lowest BCUT2D eigenvalue weighted by Crippen LogP contribution is -2.27. The fourth-order valence-electron chi connectivity index (χ4n) is 2.86. The van der Waals surface area contributed by atoms with E-state index < -0.39 is 11.4 Å². The molecule has 1 saturated carbocycles. The van der Waals surface area contributed by atoms with Crippen molar-refractivity contribution >= 4 is 5.97 Å². The molecule has 4 nitrogen and oxygen atoms in total. The summed E-state index contributed by atoms with van der Waals surface area (Å²) in [5.41, 5.74) is 0.687. The Balaban J connectivity index is 2.33. The Morgan fingerprint density at radius 2 is 1.95 bits per heavy atom. The molecule has 0 saturated heterocycles. The Kier molecular flexibility index (Phi) is 3.52. The topological polar surface area (TPSA) is 59.3 Å². The number of carbonyl (C=O) groups is 1. The van der Waals surface area contributed by atoms with E-state index in [1.54, 1.807) is 0 Å². The number of rotatable bonds is 2. The molecule has 1 aromatic rings. The fraction of sp³-hybridized carbons (Fsp3) is 0.600. The maximum absolute atomic E-state index is 11.6. The zero-order valence-corrected chi connectivity index (χ0v) is 11.8. The summed E-state index contributed by atoms with van der Waals surface area (Å²) in [7, 11) is 0. The average Bonchev–Trinajstić information content (AvgIpc) is 2.29. The Hall–Kier alpha value is -1.58. The van der Waals surface area contributed by atoms with E-state index in [0.717, 1.165) is 31.4 Å². The van der Waals surface area contributed by atoms with E-state index in [1.165, 1.54) is 12.3 Å². The van der Waals surface area contributed by atoms with Gasteiger partial charge in [-0.1, -0.05) is 13.8 Å². The van der Waals surface area contributed by atoms with Crippen LogP contribution in [0.4, 0.5) is 0 Å². The van der Waals surface area contributed by atoms with Crippen LogP contribution in [0.3, 0.4) is 0 Å². The normalized spacial score (nSPS) is 19.3. The highest BCUT2D eigenvalue weighted by Crippen LogP contribution is 2.40. The molecule has 1 aromatic heterocycles. The highest BCUT2D eigenvalue weighted by atomic mass is 16.4. The molecular weight excluding hydrogens is 242 g/mol. The van der Waals surface area contributed by atoms with Crippen LogP contribution in [0.1, 0.15) is 61.6 Å². The number of carboxylic acids is 1. The number of aromatic carboxylic acids is 1. The van der Waals surface area contributed by atoms with Crippen LogP contribution in [0, 0.1) is 12.3 Å². The Labute approximate surface area is 113 Å². The minimum absolute atomic E-state index is 0.129. The molecule has 1 heterocycles. The highest BCUT2D eigenvalue weighted by molar-refractivity contribution is 5.87. The molecule has 0 bridgehead atoms. The largest absolute Gasteiger partial charge is 0.477 e. The number of carboxylic acid groups (broad SMARTS) is 1. The van der Waals surface area contributed by atoms with Crippen LogP contribution in [0.2, 0.25) is 0 Å². The molecule has 1 N–H and O–H groups in total. The first-order valence-electron chi connectivity index (χ1n) is 6.76. The molecule has 4 heteroatoms. The number of nitrogens with zero attached hydrogens (tertiary/aromatic N) is 1. The second-order valence-electron chi connectivity index (χ2n) is 6.30. The average molecular weight is 263 g/mol. The summed E-state index contributed by atoms with van der Waals surface area (Å²) in [6.45, 7) is 6.40. The summed E-state index contributed by atoms with van der Waals surface area (Å²) in [4.78, 5) is 22.7. The van der Waals surface area contributed by atoms with E-state index in [9.17, 15) is 9.59 Å². The first kappa shape index (κ1) is 13.8. The van der Waals surface area contributed by atoms with Gasteiger partial charge in [0.15, 0.2) is 5.43 Å². The molecule has 0 aliphatic heterocycles. The van der Waals surface area contributed by atoms with Gasteiger partial charge in [0, 0.05) is 24.0 Å². The van der Waals surface area contributed by atoms with Gasteiger partial charge < -0.3 is 9.67 Å². The minimum Gasteiger partial charge on any atom is -0.477 e. The molecule has 19 heavy (non-hydrogen) atoms. The smallest absolute Gasteiger partial charge is 0.341 e. The lowest BCUT2D eigenvalue weighted by Gasteiger charge is -2.36. The van der Waals surface area contributed by atoms with Crippen LogP contribution in [0.25, 0.3) is 0 Å². The fourth-order valence-corrected chi connectivity index (χ4v) is 2.86. The van der Waals surface area contributed by atoms with E-state index >= 15 is 0 Å². The van der Waals surface area contributed by atoms with Crippen LogP contribution in [-0.2, 0) is 0 Å². The summed E-state index contributed by atoms with van der Waals surface area (Å²) >= 11 is 0. The number of aryl methyl sites for hydroxylation is 1. The minimum atomic E-state index is -1.14. The Bertz CT molecular complexity index is 547. The van der Waals surface area contributed by atoms with Gasteiger partial charge >= 0.3 is 5.97 Å². The maximum Gasteiger partial charge on any atom is 0.341 e. The summed E-state index contributed by atoms with van der Waals surface area (Å²) in [5, 5.41) is 9.05. The van der Waals surface area contributed by atoms with Crippen LogP contribution in [0.15, 0.2) is 17.1 Å². The van der Waals surface area contributed by atoms with Crippen molar-refractivity contribution in [3.05, 3.63) is 33.7 Å². The predicted octanol–water partition coefficient (Wildman–Crippen LogP) is 3.00. The van der Waals surface area contributed by atoms with Gasteiger partial charge in [-0.25, -0.2) is 4.79 Å². The van der Waals surface area contributed by atoms with Crippen molar-refractivity contribution in [1.82, 2.24) is 4.57 Å². The molecule has 0 unspecified atom stereocenters. The van der Waals surface area contributed by atoms with Crippen molar-refractivity contribution in [2.75, 3.05) is 0 Å². The van der Waals surface area contributed by atoms with Crippen molar-refractivity contribution in [2.45, 2.75) is 52.5 Å². The van der Waals surface area contributed by atoms with Crippen LogP contribution < -0.4 is 5.43 Å². The van der Waals surface area contributed by atoms with Crippen LogP contribution in [0.5, 0.6) is 0 Å². The van der Waals surface area contributed by atoms with Crippen molar-refractivity contribution in [1.29, 1.82) is 0 Å². The number of pyridine rings is 1. The van der Waals surface area contributed by atoms with Crippen molar-refractivity contribution in [3.8, 4) is 0 Å². The lowest BCUT2D eigenvalue weighted by atomic mass is 9.75. The van der Waals surface area contributed by atoms with E-state index in [2.05, 4.69) is 13.8 Å². The third-order valence-electron chi connectivity index (χ3n) is 4.21. The number of hydrogen-bond acceptors (Lipinski definition) is 2. The van der Waals surface area contributed by atoms with Gasteiger partial charge in [-0.05, 0) is 38.0 Å². The molecular formula is C15H21NO3. The third kappa shape index (κ3) is 2.88. The van der Waals surface area contributed by atoms with Crippen molar-refractivity contribution in [3.63, 3.8) is 0 Å². The molecule has 0 atom stereocenters. The SMILES string of the molecule is Cc1cc(=O)c(C(=O)O)cn1C1CCC(C)(C)CC1. The number of hydrogen-bond donors (Lipinski definition) is 1. The summed E-state index contributed by atoms with van der Waals surface area (Å²) < 4.78 is 1.97. The number of aromatic nitrogens is 1. The van der Waals surface area contributed by atoms with Gasteiger partial charge in [0.05, 0.1) is 0 Å². The standard InChI is InChI=1S/C15H21NO3/c1-10-8-13(17)12(14(18)19)9-16(10)11-4-6-15(2,3)7-5-11/h8-9,11H,4-7H2,1-3H3,(H,18,19). The van der Waals surface area contributed by atoms with Crippen LogP contribution in [-0.4, -0.2) is 15.6 Å². The van der Waals surface area contributed by atoms with Gasteiger partial charge in [-0.2, -0.15) is 0 Å². The first-order chi connectivity index (χ1) is 8.80. The molecule has 1 aliphatic rings. The Morgan fingerprint density at radius 3 is 2.47 bits per heavy atom. The molecule has 0 aromatic carbocycles. The summed E-state index contributed by atoms with van der Waals surface area (Å²) in [5.74, 6) is -1.14. The van der Waals surface area contributed by atoms with Gasteiger partial charge in [0.1, 0.15) is 5.56 Å². The zero-order valence-electron chi connectivity index (χ0n) is 11.8. The van der Waals surface area contributed by atoms with Gasteiger partial charge in [-0.15, -0.1) is 0 Å². The molecule has 0 amide bonds. The predicted molar refractivity (Wildman–Crippen MR) is 73.7 cm³/mol. The van der Waals surface area contributed by atoms with Crippen LogP contribution >= 0.6 is 0 Å². The Morgan fingerprint density at radius 1 is 1.37 bits per heavy atom. The molecule has 104 valence electrons. The second-order valence-corrected chi connectivity index (χ2v) is 6.30. The van der Waals surface area contributed by atoms with E-state index in [4.69, 9.17) is 5.11 Å². The van der Waals surface area contributed by atoms with E-state index in [1.807, 2.05) is 11.5 Å².